The highest BCUT2D eigenvalue weighted by molar-refractivity contribution is 7.87. The average Bonchev–Trinajstić information content (AvgIpc) is 1.53. The lowest BCUT2D eigenvalue weighted by molar-refractivity contribution is -0.144. The molecule has 0 radical (unpaired) electrons. The summed E-state index contributed by atoms with van der Waals surface area (Å²) in [5.41, 5.74) is 0. The van der Waals surface area contributed by atoms with E-state index in [1.807, 2.05) is 0 Å². The van der Waals surface area contributed by atoms with Crippen LogP contribution in [0.25, 0.3) is 0 Å². The highest BCUT2D eigenvalue weighted by atomic mass is 32.3. The van der Waals surface area contributed by atoms with E-state index in [4.69, 9.17) is 0 Å². The zero-order valence-electron chi connectivity index (χ0n) is 6.20. The summed E-state index contributed by atoms with van der Waals surface area (Å²) in [5, 5.41) is 0. The molecule has 0 saturated heterocycles. The molecule has 0 aromatic rings. The van der Waals surface area contributed by atoms with Crippen molar-refractivity contribution in [2.45, 2.75) is 20.0 Å². The lowest BCUT2D eigenvalue weighted by Gasteiger charge is -2.04. The molecule has 0 aromatic heterocycles. The van der Waals surface area contributed by atoms with Gasteiger partial charge in [0.25, 0.3) is 0 Å². The smallest absolute Gasteiger partial charge is 0.324 e. The molecule has 0 amide bonds. The predicted octanol–water partition coefficient (Wildman–Crippen LogP) is 0.237. The first kappa shape index (κ1) is 10.3. The van der Waals surface area contributed by atoms with Gasteiger partial charge < -0.3 is 4.74 Å². The first-order chi connectivity index (χ1) is 4.81. The minimum Gasteiger partial charge on any atom is -0.462 e. The number of esters is 1. The van der Waals surface area contributed by atoms with E-state index in [2.05, 4.69) is 4.74 Å². The van der Waals surface area contributed by atoms with E-state index in [-0.39, 0.29) is 0 Å². The fourth-order valence-corrected chi connectivity index (χ4v) is 0.787. The van der Waals surface area contributed by atoms with Crippen LogP contribution < -0.4 is 0 Å². The Morgan fingerprint density at radius 3 is 2.27 bits per heavy atom. The van der Waals surface area contributed by atoms with Crippen LogP contribution in [0, 0.1) is 0 Å². The molecule has 0 aliphatic heterocycles. The van der Waals surface area contributed by atoms with Crippen molar-refractivity contribution in [1.29, 1.82) is 0 Å². The van der Waals surface area contributed by atoms with Crippen LogP contribution in [0.3, 0.4) is 0 Å². The first-order valence-corrected chi connectivity index (χ1v) is 4.48. The van der Waals surface area contributed by atoms with E-state index in [9.17, 15) is 17.1 Å². The molecule has 0 N–H and O–H groups in total. The molecule has 0 atom stereocenters. The van der Waals surface area contributed by atoms with Crippen LogP contribution in [0.15, 0.2) is 0 Å². The monoisotopic (exact) mass is 184 g/mol. The summed E-state index contributed by atoms with van der Waals surface area (Å²) in [6.07, 6.45) is -0.427. The Kier molecular flexibility index (Phi) is 3.44. The highest BCUT2D eigenvalue weighted by Gasteiger charge is 2.16. The highest BCUT2D eigenvalue weighted by Crippen LogP contribution is 1.95. The average molecular weight is 184 g/mol. The van der Waals surface area contributed by atoms with Crippen LogP contribution in [0.4, 0.5) is 3.89 Å². The second-order valence-electron chi connectivity index (χ2n) is 2.22. The van der Waals surface area contributed by atoms with E-state index < -0.39 is 28.0 Å². The molecule has 0 unspecified atom stereocenters. The maximum atomic E-state index is 11.8. The number of hydrogen-bond donors (Lipinski definition) is 0. The predicted molar refractivity (Wildman–Crippen MR) is 36.1 cm³/mol. The Balaban J connectivity index is 3.91. The van der Waals surface area contributed by atoms with Gasteiger partial charge in [-0.1, -0.05) is 0 Å². The quantitative estimate of drug-likeness (QED) is 0.465. The molecule has 0 rings (SSSR count). The summed E-state index contributed by atoms with van der Waals surface area (Å²) in [7, 11) is -4.74. The third-order valence-electron chi connectivity index (χ3n) is 0.657. The standard InChI is InChI=1S/C5H9FO4S/c1-4(2)10-5(7)3-11(6,8)9/h4H,3H2,1-2H3. The largest absolute Gasteiger partial charge is 0.462 e. The molecular formula is C5H9FO4S. The maximum Gasteiger partial charge on any atom is 0.324 e. The summed E-state index contributed by atoms with van der Waals surface area (Å²) in [5.74, 6) is -2.27. The van der Waals surface area contributed by atoms with Gasteiger partial charge in [0.1, 0.15) is 0 Å². The number of rotatable bonds is 3. The Hall–Kier alpha value is -0.650. The molecule has 0 spiro atoms. The van der Waals surface area contributed by atoms with Crippen molar-refractivity contribution >= 4 is 16.2 Å². The maximum absolute atomic E-state index is 11.8. The van der Waals surface area contributed by atoms with E-state index in [0.29, 0.717) is 0 Å². The molecule has 0 aromatic carbocycles. The van der Waals surface area contributed by atoms with Crippen molar-refractivity contribution < 1.29 is 21.8 Å². The van der Waals surface area contributed by atoms with Crippen molar-refractivity contribution in [2.24, 2.45) is 0 Å². The molecule has 0 fully saturated rings. The Morgan fingerprint density at radius 1 is 1.55 bits per heavy atom. The molecule has 0 heterocycles. The van der Waals surface area contributed by atoms with Gasteiger partial charge in [-0.25, -0.2) is 0 Å². The van der Waals surface area contributed by atoms with Gasteiger partial charge in [0.05, 0.1) is 6.10 Å². The van der Waals surface area contributed by atoms with Gasteiger partial charge in [0.2, 0.25) is 0 Å². The van der Waals surface area contributed by atoms with Gasteiger partial charge >= 0.3 is 16.2 Å². The second-order valence-corrected chi connectivity index (χ2v) is 3.59. The van der Waals surface area contributed by atoms with Crippen LogP contribution >= 0.6 is 0 Å². The molecule has 0 saturated carbocycles. The van der Waals surface area contributed by atoms with Crippen molar-refractivity contribution in [3.63, 3.8) is 0 Å². The molecule has 4 nitrogen and oxygen atoms in total. The number of hydrogen-bond acceptors (Lipinski definition) is 4. The van der Waals surface area contributed by atoms with E-state index in [1.165, 1.54) is 0 Å². The van der Waals surface area contributed by atoms with Gasteiger partial charge in [0, 0.05) is 0 Å². The van der Waals surface area contributed by atoms with E-state index in [0.717, 1.165) is 0 Å². The molecular weight excluding hydrogens is 175 g/mol. The SMILES string of the molecule is CC(C)OC(=O)CS(=O)(=O)F. The summed E-state index contributed by atoms with van der Waals surface area (Å²) in [6, 6.07) is 0. The summed E-state index contributed by atoms with van der Waals surface area (Å²) in [4.78, 5) is 10.4. The van der Waals surface area contributed by atoms with E-state index in [1.54, 1.807) is 13.8 Å². The van der Waals surface area contributed by atoms with Crippen LogP contribution in [-0.2, 0) is 19.8 Å². The van der Waals surface area contributed by atoms with Gasteiger partial charge in [0.15, 0.2) is 5.75 Å². The molecule has 66 valence electrons. The third-order valence-corrected chi connectivity index (χ3v) is 1.24. The lowest BCUT2D eigenvalue weighted by atomic mass is 10.5. The molecule has 0 aliphatic rings. The Morgan fingerprint density at radius 2 is 2.00 bits per heavy atom. The van der Waals surface area contributed by atoms with Crippen molar-refractivity contribution in [2.75, 3.05) is 5.75 Å². The van der Waals surface area contributed by atoms with Crippen molar-refractivity contribution in [3.05, 3.63) is 0 Å². The second kappa shape index (κ2) is 3.66. The fraction of sp³-hybridized carbons (Fsp3) is 0.800. The Bertz CT molecular complexity index is 231. The minimum absolute atomic E-state index is 0.427. The summed E-state index contributed by atoms with van der Waals surface area (Å²) < 4.78 is 35.8. The topological polar surface area (TPSA) is 60.4 Å². The number of carbonyl (C=O) groups is 1. The third kappa shape index (κ3) is 7.24. The molecule has 6 heteroatoms. The lowest BCUT2D eigenvalue weighted by Crippen LogP contribution is -2.18. The van der Waals surface area contributed by atoms with Gasteiger partial charge in [-0.05, 0) is 13.8 Å². The zero-order valence-corrected chi connectivity index (χ0v) is 7.02. The number of carbonyl (C=O) groups excluding carboxylic acids is 1. The number of halogens is 1. The summed E-state index contributed by atoms with van der Waals surface area (Å²) in [6.45, 7) is 3.09. The van der Waals surface area contributed by atoms with Crippen LogP contribution in [0.5, 0.6) is 0 Å². The van der Waals surface area contributed by atoms with Crippen molar-refractivity contribution in [1.82, 2.24) is 0 Å². The van der Waals surface area contributed by atoms with Gasteiger partial charge in [-0.15, -0.1) is 3.89 Å². The first-order valence-electron chi connectivity index (χ1n) is 2.93. The number of ether oxygens (including phenoxy) is 1. The van der Waals surface area contributed by atoms with Gasteiger partial charge in [-0.2, -0.15) is 8.42 Å². The van der Waals surface area contributed by atoms with E-state index >= 15 is 0 Å². The van der Waals surface area contributed by atoms with Crippen molar-refractivity contribution in [3.8, 4) is 0 Å². The summed E-state index contributed by atoms with van der Waals surface area (Å²) >= 11 is 0. The zero-order chi connectivity index (χ0) is 9.07. The fourth-order valence-electron chi connectivity index (χ4n) is 0.438. The molecule has 0 aliphatic carbocycles. The van der Waals surface area contributed by atoms with Crippen LogP contribution in [0.2, 0.25) is 0 Å². The Labute approximate surface area is 64.6 Å². The van der Waals surface area contributed by atoms with Gasteiger partial charge in [-0.3, -0.25) is 4.79 Å². The van der Waals surface area contributed by atoms with Crippen LogP contribution in [-0.4, -0.2) is 26.2 Å². The minimum atomic E-state index is -4.74. The normalized spacial score (nSPS) is 11.6. The molecule has 11 heavy (non-hydrogen) atoms. The van der Waals surface area contributed by atoms with Crippen LogP contribution in [0.1, 0.15) is 13.8 Å². The molecule has 0 bridgehead atoms.